The number of fused-ring (bicyclic) bond motifs is 1. The minimum absolute atomic E-state index is 0.00426. The Balaban J connectivity index is 1.53. The number of methoxy groups -OCH3 is 1. The van der Waals surface area contributed by atoms with Crippen molar-refractivity contribution in [2.45, 2.75) is 19.1 Å². The number of carbonyl (C=O) groups is 1. The number of hydrogen-bond donors (Lipinski definition) is 1. The fourth-order valence-electron chi connectivity index (χ4n) is 3.97. The molecule has 38 heavy (non-hydrogen) atoms. The molecule has 0 aliphatic carbocycles. The molecule has 0 fully saturated rings. The lowest BCUT2D eigenvalue weighted by molar-refractivity contribution is -0.137. The Morgan fingerprint density at radius 2 is 1.79 bits per heavy atom. The van der Waals surface area contributed by atoms with Gasteiger partial charge in [0.25, 0.3) is 0 Å². The minimum Gasteiger partial charge on any atom is -0.383 e. The van der Waals surface area contributed by atoms with E-state index in [0.29, 0.717) is 36.9 Å². The van der Waals surface area contributed by atoms with E-state index >= 15 is 0 Å². The second-order valence-corrected chi connectivity index (χ2v) is 9.52. The van der Waals surface area contributed by atoms with Gasteiger partial charge in [0.2, 0.25) is 5.91 Å². The highest BCUT2D eigenvalue weighted by Crippen LogP contribution is 2.30. The van der Waals surface area contributed by atoms with Gasteiger partial charge in [0.1, 0.15) is 5.82 Å². The van der Waals surface area contributed by atoms with Gasteiger partial charge in [-0.15, -0.1) is 0 Å². The van der Waals surface area contributed by atoms with Crippen LogP contribution >= 0.6 is 15.9 Å². The summed E-state index contributed by atoms with van der Waals surface area (Å²) in [6, 6.07) is 20.3. The Morgan fingerprint density at radius 3 is 2.55 bits per heavy atom. The van der Waals surface area contributed by atoms with Crippen molar-refractivity contribution in [3.8, 4) is 11.4 Å². The van der Waals surface area contributed by atoms with Gasteiger partial charge in [-0.25, -0.2) is 9.97 Å². The van der Waals surface area contributed by atoms with E-state index in [1.54, 1.807) is 13.2 Å². The smallest absolute Gasteiger partial charge is 0.383 e. The van der Waals surface area contributed by atoms with Crippen LogP contribution in [0, 0.1) is 0 Å². The van der Waals surface area contributed by atoms with Gasteiger partial charge in [-0.2, -0.15) is 13.2 Å². The highest BCUT2D eigenvalue weighted by atomic mass is 79.9. The third kappa shape index (κ3) is 7.08. The van der Waals surface area contributed by atoms with Gasteiger partial charge in [0.05, 0.1) is 17.7 Å². The molecule has 6 nitrogen and oxygen atoms in total. The van der Waals surface area contributed by atoms with Crippen LogP contribution in [0.1, 0.15) is 17.5 Å². The predicted octanol–water partition coefficient (Wildman–Crippen LogP) is 6.24. The number of halogens is 4. The SMILES string of the molecule is COCCN(CCC(=O)NCc1cccc(C(F)(F)F)c1)c1nc(-c2cccc(Br)c2)nc2ccccc12. The molecule has 198 valence electrons. The maximum atomic E-state index is 13.0. The highest BCUT2D eigenvalue weighted by molar-refractivity contribution is 9.10. The zero-order valence-electron chi connectivity index (χ0n) is 20.6. The molecule has 1 N–H and O–H groups in total. The second-order valence-electron chi connectivity index (χ2n) is 8.60. The fraction of sp³-hybridized carbons (Fsp3) is 0.250. The average Bonchev–Trinajstić information content (AvgIpc) is 2.91. The number of nitrogens with one attached hydrogen (secondary N) is 1. The largest absolute Gasteiger partial charge is 0.416 e. The van der Waals surface area contributed by atoms with Gasteiger partial charge in [-0.3, -0.25) is 4.79 Å². The highest BCUT2D eigenvalue weighted by Gasteiger charge is 2.30. The molecule has 4 rings (SSSR count). The Hall–Kier alpha value is -3.50. The number of aromatic nitrogens is 2. The molecule has 0 radical (unpaired) electrons. The van der Waals surface area contributed by atoms with Crippen molar-refractivity contribution in [2.24, 2.45) is 0 Å². The van der Waals surface area contributed by atoms with Gasteiger partial charge in [-0.1, -0.05) is 52.3 Å². The average molecular weight is 587 g/mol. The monoisotopic (exact) mass is 586 g/mol. The Morgan fingerprint density at radius 1 is 1.00 bits per heavy atom. The predicted molar refractivity (Wildman–Crippen MR) is 145 cm³/mol. The summed E-state index contributed by atoms with van der Waals surface area (Å²) in [7, 11) is 1.60. The molecule has 0 aliphatic heterocycles. The van der Waals surface area contributed by atoms with Crippen molar-refractivity contribution >= 4 is 38.6 Å². The number of ether oxygens (including phenoxy) is 1. The van der Waals surface area contributed by atoms with Crippen LogP contribution in [0.4, 0.5) is 19.0 Å². The molecule has 4 aromatic rings. The topological polar surface area (TPSA) is 67.3 Å². The minimum atomic E-state index is -4.43. The third-order valence-corrected chi connectivity index (χ3v) is 6.38. The van der Waals surface area contributed by atoms with Crippen LogP contribution in [0.5, 0.6) is 0 Å². The number of alkyl halides is 3. The normalized spacial score (nSPS) is 11.5. The van der Waals surface area contributed by atoms with Crippen LogP contribution < -0.4 is 10.2 Å². The first-order valence-corrected chi connectivity index (χ1v) is 12.7. The van der Waals surface area contributed by atoms with Gasteiger partial charge >= 0.3 is 6.18 Å². The number of amides is 1. The van der Waals surface area contributed by atoms with Crippen LogP contribution in [0.25, 0.3) is 22.3 Å². The lowest BCUT2D eigenvalue weighted by atomic mass is 10.1. The molecule has 0 spiro atoms. The molecule has 0 aliphatic rings. The first-order valence-electron chi connectivity index (χ1n) is 11.9. The van der Waals surface area contributed by atoms with Crippen molar-refractivity contribution in [2.75, 3.05) is 31.7 Å². The van der Waals surface area contributed by atoms with E-state index in [9.17, 15) is 18.0 Å². The van der Waals surface area contributed by atoms with Crippen molar-refractivity contribution in [1.29, 1.82) is 0 Å². The van der Waals surface area contributed by atoms with E-state index in [1.165, 1.54) is 6.07 Å². The number of benzene rings is 3. The first-order chi connectivity index (χ1) is 18.2. The van der Waals surface area contributed by atoms with Crippen LogP contribution in [-0.2, 0) is 22.3 Å². The van der Waals surface area contributed by atoms with E-state index in [0.717, 1.165) is 33.1 Å². The van der Waals surface area contributed by atoms with Crippen LogP contribution in [0.2, 0.25) is 0 Å². The van der Waals surface area contributed by atoms with Crippen LogP contribution in [0.3, 0.4) is 0 Å². The first kappa shape index (κ1) is 27.5. The van der Waals surface area contributed by atoms with E-state index in [2.05, 4.69) is 21.2 Å². The van der Waals surface area contributed by atoms with Gasteiger partial charge in [-0.05, 0) is 42.0 Å². The van der Waals surface area contributed by atoms with Gasteiger partial charge in [0, 0.05) is 48.6 Å². The molecule has 1 amide bonds. The molecule has 0 atom stereocenters. The maximum Gasteiger partial charge on any atom is 0.416 e. The summed E-state index contributed by atoms with van der Waals surface area (Å²) in [5.41, 5.74) is 1.25. The van der Waals surface area contributed by atoms with Crippen molar-refractivity contribution in [1.82, 2.24) is 15.3 Å². The number of rotatable bonds is 10. The molecule has 1 heterocycles. The van der Waals surface area contributed by atoms with Gasteiger partial charge in [0.15, 0.2) is 5.82 Å². The van der Waals surface area contributed by atoms with Crippen molar-refractivity contribution in [3.05, 3.63) is 88.4 Å². The zero-order chi connectivity index (χ0) is 27.1. The van der Waals surface area contributed by atoms with Crippen molar-refractivity contribution in [3.63, 3.8) is 0 Å². The Bertz CT molecular complexity index is 1410. The molecular weight excluding hydrogens is 561 g/mol. The fourth-order valence-corrected chi connectivity index (χ4v) is 4.37. The maximum absolute atomic E-state index is 13.0. The summed E-state index contributed by atoms with van der Waals surface area (Å²) in [6.07, 6.45) is -4.32. The summed E-state index contributed by atoms with van der Waals surface area (Å²) in [5.74, 6) is 0.945. The summed E-state index contributed by atoms with van der Waals surface area (Å²) >= 11 is 3.49. The zero-order valence-corrected chi connectivity index (χ0v) is 22.2. The summed E-state index contributed by atoms with van der Waals surface area (Å²) in [5, 5.41) is 3.56. The Kier molecular flexibility index (Phi) is 8.96. The summed E-state index contributed by atoms with van der Waals surface area (Å²) in [6.45, 7) is 1.23. The summed E-state index contributed by atoms with van der Waals surface area (Å²) < 4.78 is 45.2. The number of nitrogens with zero attached hydrogens (tertiary/aromatic N) is 3. The van der Waals surface area contributed by atoms with E-state index in [-0.39, 0.29) is 18.9 Å². The lowest BCUT2D eigenvalue weighted by Crippen LogP contribution is -2.33. The summed E-state index contributed by atoms with van der Waals surface area (Å²) in [4.78, 5) is 24.3. The molecular formula is C28H26BrF3N4O2. The molecule has 3 aromatic carbocycles. The number of para-hydroxylation sites is 1. The molecule has 0 unspecified atom stereocenters. The Labute approximate surface area is 227 Å². The van der Waals surface area contributed by atoms with Crippen LogP contribution in [-0.4, -0.2) is 42.7 Å². The third-order valence-electron chi connectivity index (χ3n) is 5.88. The molecule has 0 saturated carbocycles. The number of hydrogen-bond acceptors (Lipinski definition) is 5. The van der Waals surface area contributed by atoms with E-state index in [4.69, 9.17) is 14.7 Å². The lowest BCUT2D eigenvalue weighted by Gasteiger charge is -2.25. The second kappa shape index (κ2) is 12.4. The van der Waals surface area contributed by atoms with E-state index < -0.39 is 11.7 Å². The number of carbonyl (C=O) groups excluding carboxylic acids is 1. The van der Waals surface area contributed by atoms with Crippen molar-refractivity contribution < 1.29 is 22.7 Å². The standard InChI is InChI=1S/C28H26BrF3N4O2/c1-38-15-14-36(13-12-25(37)33-18-19-6-4-8-21(16-19)28(30,31)32)27-23-10-2-3-11-24(23)34-26(35-27)20-7-5-9-22(29)17-20/h2-11,16-17H,12-15,18H2,1H3,(H,33,37). The van der Waals surface area contributed by atoms with E-state index in [1.807, 2.05) is 53.4 Å². The molecule has 0 saturated heterocycles. The quantitative estimate of drug-likeness (QED) is 0.238. The molecule has 10 heteroatoms. The molecule has 0 bridgehead atoms. The van der Waals surface area contributed by atoms with Gasteiger partial charge < -0.3 is 15.0 Å². The molecule has 1 aromatic heterocycles. The number of anilines is 1. The van der Waals surface area contributed by atoms with Crippen LogP contribution in [0.15, 0.2) is 77.3 Å².